The summed E-state index contributed by atoms with van der Waals surface area (Å²) in [5, 5.41) is 0. The van der Waals surface area contributed by atoms with Gasteiger partial charge < -0.3 is 19.3 Å². The van der Waals surface area contributed by atoms with Gasteiger partial charge in [0.05, 0.1) is 12.2 Å². The average Bonchev–Trinajstić information content (AvgIpc) is 2.68. The molecule has 2 aromatic rings. The van der Waals surface area contributed by atoms with Gasteiger partial charge in [0.15, 0.2) is 18.2 Å². The fourth-order valence-corrected chi connectivity index (χ4v) is 2.78. The van der Waals surface area contributed by atoms with E-state index in [0.717, 1.165) is 0 Å². The molecule has 0 radical (unpaired) electrons. The number of hydrogen-bond donors (Lipinski definition) is 0. The summed E-state index contributed by atoms with van der Waals surface area (Å²) < 4.78 is 24.3. The van der Waals surface area contributed by atoms with Crippen LogP contribution < -0.4 is 14.4 Å². The fourth-order valence-electron chi connectivity index (χ4n) is 2.78. The molecule has 0 aromatic heterocycles. The molecule has 0 saturated carbocycles. The summed E-state index contributed by atoms with van der Waals surface area (Å²) in [4.78, 5) is 27.5. The summed E-state index contributed by atoms with van der Waals surface area (Å²) in [6, 6.07) is 13.4. The number of rotatable bonds is 7. The molecule has 1 aliphatic rings. The van der Waals surface area contributed by atoms with Gasteiger partial charge in [0.25, 0.3) is 5.91 Å². The minimum Gasteiger partial charge on any atom is -0.489 e. The Bertz CT molecular complexity index is 827. The highest BCUT2D eigenvalue weighted by molar-refractivity contribution is 5.98. The van der Waals surface area contributed by atoms with Crippen LogP contribution in [-0.4, -0.2) is 50.1 Å². The highest BCUT2D eigenvalue weighted by Gasteiger charge is 2.25. The van der Waals surface area contributed by atoms with E-state index in [4.69, 9.17) is 9.47 Å². The van der Waals surface area contributed by atoms with Gasteiger partial charge in [-0.1, -0.05) is 24.3 Å². The Morgan fingerprint density at radius 2 is 1.96 bits per heavy atom. The van der Waals surface area contributed by atoms with Gasteiger partial charge in [-0.05, 0) is 24.3 Å². The van der Waals surface area contributed by atoms with Crippen LogP contribution in [-0.2, 0) is 9.59 Å². The summed E-state index contributed by atoms with van der Waals surface area (Å²) >= 11 is 0. The third-order valence-corrected chi connectivity index (χ3v) is 4.30. The number of halogens is 1. The summed E-state index contributed by atoms with van der Waals surface area (Å²) in [7, 11) is 1.65. The van der Waals surface area contributed by atoms with E-state index in [9.17, 15) is 14.0 Å². The molecule has 3 rings (SSSR count). The monoisotopic (exact) mass is 372 g/mol. The molecule has 0 atom stereocenters. The van der Waals surface area contributed by atoms with E-state index in [2.05, 4.69) is 0 Å². The predicted molar refractivity (Wildman–Crippen MR) is 98.4 cm³/mol. The maximum Gasteiger partial charge on any atom is 0.265 e. The molecule has 0 spiro atoms. The standard InChI is InChI=1S/C20H21FN2O4/c1-22(12-13-26-17-8-4-2-6-15(17)21)19(24)10-11-23-16-7-3-5-9-18(16)27-14-20(23)25/h2-9H,10-14H2,1H3. The van der Waals surface area contributed by atoms with Crippen LogP contribution in [0.3, 0.4) is 0 Å². The van der Waals surface area contributed by atoms with Crippen LogP contribution in [0.15, 0.2) is 48.5 Å². The maximum atomic E-state index is 13.5. The lowest BCUT2D eigenvalue weighted by Gasteiger charge is -2.29. The predicted octanol–water partition coefficient (Wildman–Crippen LogP) is 2.48. The number of fused-ring (bicyclic) bond motifs is 1. The summed E-state index contributed by atoms with van der Waals surface area (Å²) in [6.45, 7) is 0.747. The van der Waals surface area contributed by atoms with Crippen molar-refractivity contribution >= 4 is 17.5 Å². The molecule has 142 valence electrons. The number of amides is 2. The Morgan fingerprint density at radius 1 is 1.22 bits per heavy atom. The second kappa shape index (κ2) is 8.53. The Hall–Kier alpha value is -3.09. The number of para-hydroxylation sites is 3. The fraction of sp³-hybridized carbons (Fsp3) is 0.300. The zero-order valence-corrected chi connectivity index (χ0v) is 15.1. The number of nitrogens with zero attached hydrogens (tertiary/aromatic N) is 2. The summed E-state index contributed by atoms with van der Waals surface area (Å²) in [5.41, 5.74) is 0.673. The molecule has 1 aliphatic heterocycles. The molecule has 27 heavy (non-hydrogen) atoms. The van der Waals surface area contributed by atoms with Gasteiger partial charge in [-0.2, -0.15) is 0 Å². The Kier molecular flexibility index (Phi) is 5.90. The van der Waals surface area contributed by atoms with Gasteiger partial charge in [0.1, 0.15) is 12.4 Å². The first-order chi connectivity index (χ1) is 13.1. The molecule has 2 aromatic carbocycles. The number of anilines is 1. The van der Waals surface area contributed by atoms with Crippen LogP contribution >= 0.6 is 0 Å². The van der Waals surface area contributed by atoms with E-state index in [-0.39, 0.29) is 43.7 Å². The van der Waals surface area contributed by atoms with Crippen molar-refractivity contribution in [3.63, 3.8) is 0 Å². The zero-order chi connectivity index (χ0) is 19.2. The topological polar surface area (TPSA) is 59.1 Å². The summed E-state index contributed by atoms with van der Waals surface area (Å²) in [5.74, 6) is 0.0666. The van der Waals surface area contributed by atoms with Crippen LogP contribution in [0.1, 0.15) is 6.42 Å². The van der Waals surface area contributed by atoms with Crippen molar-refractivity contribution in [2.75, 3.05) is 38.3 Å². The number of ether oxygens (including phenoxy) is 2. The van der Waals surface area contributed by atoms with Crippen molar-refractivity contribution in [1.29, 1.82) is 0 Å². The van der Waals surface area contributed by atoms with Crippen molar-refractivity contribution in [2.45, 2.75) is 6.42 Å². The van der Waals surface area contributed by atoms with Crippen LogP contribution in [0, 0.1) is 5.82 Å². The number of likely N-dealkylation sites (N-methyl/N-ethyl adjacent to an activating group) is 1. The third-order valence-electron chi connectivity index (χ3n) is 4.30. The molecule has 7 heteroatoms. The van der Waals surface area contributed by atoms with Crippen LogP contribution in [0.25, 0.3) is 0 Å². The molecule has 1 heterocycles. The average molecular weight is 372 g/mol. The van der Waals surface area contributed by atoms with Crippen LogP contribution in [0.5, 0.6) is 11.5 Å². The second-order valence-electron chi connectivity index (χ2n) is 6.15. The molecule has 2 amide bonds. The van der Waals surface area contributed by atoms with Crippen molar-refractivity contribution in [3.05, 3.63) is 54.3 Å². The lowest BCUT2D eigenvalue weighted by Crippen LogP contribution is -2.41. The van der Waals surface area contributed by atoms with Crippen molar-refractivity contribution in [1.82, 2.24) is 4.90 Å². The van der Waals surface area contributed by atoms with E-state index < -0.39 is 5.82 Å². The minimum absolute atomic E-state index is 0.0302. The molecular weight excluding hydrogens is 351 g/mol. The highest BCUT2D eigenvalue weighted by atomic mass is 19.1. The first kappa shape index (κ1) is 18.7. The van der Waals surface area contributed by atoms with Gasteiger partial charge in [-0.15, -0.1) is 0 Å². The van der Waals surface area contributed by atoms with E-state index >= 15 is 0 Å². The van der Waals surface area contributed by atoms with Crippen LogP contribution in [0.4, 0.5) is 10.1 Å². The largest absolute Gasteiger partial charge is 0.489 e. The number of carbonyl (C=O) groups excluding carboxylic acids is 2. The van der Waals surface area contributed by atoms with Crippen molar-refractivity contribution in [2.24, 2.45) is 0 Å². The normalized spacial score (nSPS) is 13.0. The smallest absolute Gasteiger partial charge is 0.265 e. The maximum absolute atomic E-state index is 13.5. The third kappa shape index (κ3) is 4.55. The van der Waals surface area contributed by atoms with Gasteiger partial charge in [0.2, 0.25) is 5.91 Å². The molecule has 6 nitrogen and oxygen atoms in total. The Labute approximate surface area is 157 Å². The lowest BCUT2D eigenvalue weighted by atomic mass is 10.2. The van der Waals surface area contributed by atoms with Gasteiger partial charge >= 0.3 is 0 Å². The van der Waals surface area contributed by atoms with Gasteiger partial charge in [-0.3, -0.25) is 9.59 Å². The number of hydrogen-bond acceptors (Lipinski definition) is 4. The quantitative estimate of drug-likeness (QED) is 0.749. The van der Waals surface area contributed by atoms with E-state index in [1.807, 2.05) is 12.1 Å². The van der Waals surface area contributed by atoms with E-state index in [0.29, 0.717) is 18.0 Å². The second-order valence-corrected chi connectivity index (χ2v) is 6.15. The molecule has 0 N–H and O–H groups in total. The molecule has 0 aliphatic carbocycles. The van der Waals surface area contributed by atoms with E-state index in [1.165, 1.54) is 11.0 Å². The number of carbonyl (C=O) groups is 2. The van der Waals surface area contributed by atoms with Gasteiger partial charge in [0, 0.05) is 20.0 Å². The molecular formula is C20H21FN2O4. The zero-order valence-electron chi connectivity index (χ0n) is 15.1. The summed E-state index contributed by atoms with van der Waals surface area (Å²) in [6.07, 6.45) is 0.177. The molecule has 0 fully saturated rings. The molecule has 0 bridgehead atoms. The number of benzene rings is 2. The Morgan fingerprint density at radius 3 is 2.78 bits per heavy atom. The van der Waals surface area contributed by atoms with E-state index in [1.54, 1.807) is 42.3 Å². The van der Waals surface area contributed by atoms with Crippen molar-refractivity contribution in [3.8, 4) is 11.5 Å². The first-order valence-corrected chi connectivity index (χ1v) is 8.70. The minimum atomic E-state index is -0.434. The van der Waals surface area contributed by atoms with Crippen molar-refractivity contribution < 1.29 is 23.5 Å². The van der Waals surface area contributed by atoms with Crippen LogP contribution in [0.2, 0.25) is 0 Å². The Balaban J connectivity index is 1.49. The highest BCUT2D eigenvalue weighted by Crippen LogP contribution is 2.31. The molecule has 0 unspecified atom stereocenters. The van der Waals surface area contributed by atoms with Gasteiger partial charge in [-0.25, -0.2) is 4.39 Å². The lowest BCUT2D eigenvalue weighted by molar-refractivity contribution is -0.130. The first-order valence-electron chi connectivity index (χ1n) is 8.70. The molecule has 0 saturated heterocycles. The SMILES string of the molecule is CN(CCOc1ccccc1F)C(=O)CCN1C(=O)COc2ccccc21.